The summed E-state index contributed by atoms with van der Waals surface area (Å²) in [6.07, 6.45) is 3.70. The number of hydrogen-bond donors (Lipinski definition) is 0. The average Bonchev–Trinajstić information content (AvgIpc) is 2.84. The smallest absolute Gasteiger partial charge is 0.326 e. The third-order valence-corrected chi connectivity index (χ3v) is 4.32. The fraction of sp³-hybridized carbons (Fsp3) is 0.389. The average molecular weight is 363 g/mol. The van der Waals surface area contributed by atoms with Crippen molar-refractivity contribution >= 4 is 35.0 Å². The van der Waals surface area contributed by atoms with Crippen molar-refractivity contribution < 1.29 is 23.9 Å². The van der Waals surface area contributed by atoms with Crippen molar-refractivity contribution in [2.24, 2.45) is 0 Å². The molecule has 0 N–H and O–H groups in total. The topological polar surface area (TPSA) is 72.9 Å². The Morgan fingerprint density at radius 2 is 1.92 bits per heavy atom. The molecule has 1 aromatic rings. The highest BCUT2D eigenvalue weighted by Gasteiger charge is 2.36. The first-order chi connectivity index (χ1) is 12.0. The SMILES string of the molecule is CCCCOc1ccc(/C=C2\SC(=O)N(CC(=O)OCC)C2=O)cc1. The number of carbonyl (C=O) groups excluding carboxylic acids is 3. The van der Waals surface area contributed by atoms with Crippen molar-refractivity contribution in [3.63, 3.8) is 0 Å². The van der Waals surface area contributed by atoms with Gasteiger partial charge in [-0.05, 0) is 48.9 Å². The number of benzene rings is 1. The van der Waals surface area contributed by atoms with E-state index in [2.05, 4.69) is 6.92 Å². The van der Waals surface area contributed by atoms with E-state index in [1.165, 1.54) is 0 Å². The van der Waals surface area contributed by atoms with Crippen molar-refractivity contribution in [2.75, 3.05) is 19.8 Å². The van der Waals surface area contributed by atoms with Crippen molar-refractivity contribution in [3.8, 4) is 5.75 Å². The second-order valence-corrected chi connectivity index (χ2v) is 6.34. The Morgan fingerprint density at radius 1 is 1.20 bits per heavy atom. The lowest BCUT2D eigenvalue weighted by Crippen LogP contribution is -2.34. The molecule has 0 aromatic heterocycles. The number of unbranched alkanes of at least 4 members (excludes halogenated alkanes) is 1. The molecule has 0 spiro atoms. The molecule has 0 bridgehead atoms. The number of hydrogen-bond acceptors (Lipinski definition) is 6. The summed E-state index contributed by atoms with van der Waals surface area (Å²) in [6.45, 7) is 4.28. The van der Waals surface area contributed by atoms with Gasteiger partial charge in [0.25, 0.3) is 11.1 Å². The third kappa shape index (κ3) is 5.35. The molecule has 0 atom stereocenters. The highest BCUT2D eigenvalue weighted by Crippen LogP contribution is 2.32. The van der Waals surface area contributed by atoms with Gasteiger partial charge in [0.2, 0.25) is 0 Å². The van der Waals surface area contributed by atoms with E-state index in [1.54, 1.807) is 13.0 Å². The molecular formula is C18H21NO5S. The molecule has 0 saturated carbocycles. The summed E-state index contributed by atoms with van der Waals surface area (Å²) in [6, 6.07) is 7.29. The molecule has 7 heteroatoms. The molecule has 1 saturated heterocycles. The Hall–Kier alpha value is -2.28. The second kappa shape index (κ2) is 9.27. The Kier molecular flexibility index (Phi) is 7.06. The second-order valence-electron chi connectivity index (χ2n) is 5.34. The van der Waals surface area contributed by atoms with Crippen molar-refractivity contribution in [1.82, 2.24) is 4.90 Å². The lowest BCUT2D eigenvalue weighted by Gasteiger charge is -2.10. The zero-order valence-electron chi connectivity index (χ0n) is 14.3. The van der Waals surface area contributed by atoms with Gasteiger partial charge in [0.05, 0.1) is 18.1 Å². The van der Waals surface area contributed by atoms with Crippen molar-refractivity contribution in [2.45, 2.75) is 26.7 Å². The molecule has 25 heavy (non-hydrogen) atoms. The van der Waals surface area contributed by atoms with Gasteiger partial charge in [-0.25, -0.2) is 0 Å². The fourth-order valence-corrected chi connectivity index (χ4v) is 2.96. The van der Waals surface area contributed by atoms with E-state index in [9.17, 15) is 14.4 Å². The molecule has 1 heterocycles. The first-order valence-corrected chi connectivity index (χ1v) is 9.00. The molecule has 2 amide bonds. The van der Waals surface area contributed by atoms with Gasteiger partial charge >= 0.3 is 5.97 Å². The number of nitrogens with zero attached hydrogens (tertiary/aromatic N) is 1. The summed E-state index contributed by atoms with van der Waals surface area (Å²) in [7, 11) is 0. The van der Waals surface area contributed by atoms with Crippen LogP contribution in [-0.4, -0.2) is 41.8 Å². The Balaban J connectivity index is 2.02. The minimum atomic E-state index is -0.598. The first-order valence-electron chi connectivity index (χ1n) is 8.19. The maximum absolute atomic E-state index is 12.3. The first kappa shape index (κ1) is 19.1. The van der Waals surface area contributed by atoms with Crippen LogP contribution in [0.3, 0.4) is 0 Å². The largest absolute Gasteiger partial charge is 0.494 e. The van der Waals surface area contributed by atoms with Crippen LogP contribution < -0.4 is 4.74 Å². The summed E-state index contributed by atoms with van der Waals surface area (Å²) in [5.41, 5.74) is 0.782. The number of thioether (sulfide) groups is 1. The van der Waals surface area contributed by atoms with Crippen LogP contribution in [0.25, 0.3) is 6.08 Å². The number of rotatable bonds is 8. The summed E-state index contributed by atoms with van der Waals surface area (Å²) in [5, 5.41) is -0.469. The van der Waals surface area contributed by atoms with Crippen LogP contribution in [0.15, 0.2) is 29.2 Å². The minimum absolute atomic E-state index is 0.206. The van der Waals surface area contributed by atoms with E-state index >= 15 is 0 Å². The van der Waals surface area contributed by atoms with E-state index in [-0.39, 0.29) is 18.1 Å². The summed E-state index contributed by atoms with van der Waals surface area (Å²) in [5.74, 6) is -0.313. The van der Waals surface area contributed by atoms with Crippen LogP contribution in [-0.2, 0) is 14.3 Å². The zero-order valence-corrected chi connectivity index (χ0v) is 15.1. The summed E-state index contributed by atoms with van der Waals surface area (Å²) in [4.78, 5) is 36.9. The van der Waals surface area contributed by atoms with E-state index in [0.29, 0.717) is 6.61 Å². The standard InChI is InChI=1S/C18H21NO5S/c1-3-5-10-24-14-8-6-13(7-9-14)11-15-17(21)19(18(22)25-15)12-16(20)23-4-2/h6-9,11H,3-5,10,12H2,1-2H3/b15-11-. The monoisotopic (exact) mass is 363 g/mol. The number of ether oxygens (including phenoxy) is 2. The van der Waals surface area contributed by atoms with Gasteiger partial charge in [-0.3, -0.25) is 19.3 Å². The molecule has 0 radical (unpaired) electrons. The number of carbonyl (C=O) groups is 3. The molecule has 1 fully saturated rings. The van der Waals surface area contributed by atoms with Gasteiger partial charge in [-0.15, -0.1) is 0 Å². The van der Waals surface area contributed by atoms with E-state index < -0.39 is 17.1 Å². The molecule has 134 valence electrons. The van der Waals surface area contributed by atoms with E-state index in [0.717, 1.165) is 40.8 Å². The molecule has 0 aliphatic carbocycles. The molecule has 0 unspecified atom stereocenters. The summed E-state index contributed by atoms with van der Waals surface area (Å²) < 4.78 is 10.4. The van der Waals surface area contributed by atoms with Gasteiger partial charge in [0.1, 0.15) is 12.3 Å². The predicted octanol–water partition coefficient (Wildman–Crippen LogP) is 3.46. The van der Waals surface area contributed by atoms with Crippen molar-refractivity contribution in [3.05, 3.63) is 34.7 Å². The van der Waals surface area contributed by atoms with Crippen LogP contribution in [0.1, 0.15) is 32.3 Å². The Labute approximate surface area is 151 Å². The van der Waals surface area contributed by atoms with Gasteiger partial charge < -0.3 is 9.47 Å². The van der Waals surface area contributed by atoms with Gasteiger partial charge in [-0.2, -0.15) is 0 Å². The highest BCUT2D eigenvalue weighted by molar-refractivity contribution is 8.18. The molecule has 6 nitrogen and oxygen atoms in total. The number of esters is 1. The lowest BCUT2D eigenvalue weighted by molar-refractivity contribution is -0.145. The predicted molar refractivity (Wildman–Crippen MR) is 96.2 cm³/mol. The van der Waals surface area contributed by atoms with Crippen LogP contribution in [0.5, 0.6) is 5.75 Å². The number of imide groups is 1. The van der Waals surface area contributed by atoms with Gasteiger partial charge in [-0.1, -0.05) is 25.5 Å². The van der Waals surface area contributed by atoms with Crippen LogP contribution >= 0.6 is 11.8 Å². The third-order valence-electron chi connectivity index (χ3n) is 3.41. The molecule has 1 aliphatic heterocycles. The molecule has 2 rings (SSSR count). The van der Waals surface area contributed by atoms with Crippen LogP contribution in [0.2, 0.25) is 0 Å². The Morgan fingerprint density at radius 3 is 2.56 bits per heavy atom. The zero-order chi connectivity index (χ0) is 18.2. The number of amides is 2. The summed E-state index contributed by atoms with van der Waals surface area (Å²) >= 11 is 0.817. The van der Waals surface area contributed by atoms with Crippen LogP contribution in [0, 0.1) is 0 Å². The molecular weight excluding hydrogens is 342 g/mol. The quantitative estimate of drug-likeness (QED) is 0.400. The highest BCUT2D eigenvalue weighted by atomic mass is 32.2. The van der Waals surface area contributed by atoms with Crippen LogP contribution in [0.4, 0.5) is 4.79 Å². The van der Waals surface area contributed by atoms with E-state index in [4.69, 9.17) is 9.47 Å². The maximum Gasteiger partial charge on any atom is 0.326 e. The van der Waals surface area contributed by atoms with Gasteiger partial charge in [0.15, 0.2) is 0 Å². The van der Waals surface area contributed by atoms with Crippen molar-refractivity contribution in [1.29, 1.82) is 0 Å². The van der Waals surface area contributed by atoms with E-state index in [1.807, 2.05) is 24.3 Å². The fourth-order valence-electron chi connectivity index (χ4n) is 2.12. The normalized spacial score (nSPS) is 15.8. The lowest BCUT2D eigenvalue weighted by atomic mass is 10.2. The molecule has 1 aromatic carbocycles. The van der Waals surface area contributed by atoms with Gasteiger partial charge in [0, 0.05) is 0 Å². The Bertz CT molecular complexity index is 669. The maximum atomic E-state index is 12.3. The minimum Gasteiger partial charge on any atom is -0.494 e. The molecule has 1 aliphatic rings.